The largest absolute Gasteiger partial charge is 0.330 e. The number of H-pyrrole nitrogens is 1. The molecule has 6 N–H and O–H groups in total. The lowest BCUT2D eigenvalue weighted by Crippen LogP contribution is -2.41. The predicted octanol–water partition coefficient (Wildman–Crippen LogP) is 0.0644. The summed E-state index contributed by atoms with van der Waals surface area (Å²) >= 11 is 7.49. The van der Waals surface area contributed by atoms with E-state index in [2.05, 4.69) is 26.1 Å². The monoisotopic (exact) mass is 436 g/mol. The fraction of sp³-hybridized carbons (Fsp3) is 0.353. The van der Waals surface area contributed by atoms with Crippen molar-refractivity contribution in [2.24, 2.45) is 5.73 Å². The Morgan fingerprint density at radius 3 is 2.62 bits per heavy atom. The summed E-state index contributed by atoms with van der Waals surface area (Å²) in [5, 5.41) is 3.73. The van der Waals surface area contributed by atoms with Crippen LogP contribution in [0.4, 0.5) is 0 Å². The number of nitrogens with zero attached hydrogens (tertiary/aromatic N) is 3. The van der Waals surface area contributed by atoms with Gasteiger partial charge in [-0.2, -0.15) is 0 Å². The molecular formula is C17H21ClN8O2S. The highest BCUT2D eigenvalue weighted by Gasteiger charge is 2.22. The number of benzene rings is 1. The van der Waals surface area contributed by atoms with Crippen LogP contribution in [-0.2, 0) is 18.8 Å². The Hall–Kier alpha value is -2.15. The van der Waals surface area contributed by atoms with E-state index in [-0.39, 0.29) is 18.3 Å². The maximum atomic E-state index is 12.5. The minimum Gasteiger partial charge on any atom is -0.322 e. The van der Waals surface area contributed by atoms with Crippen molar-refractivity contribution in [2.75, 3.05) is 0 Å². The molecule has 0 aliphatic carbocycles. The van der Waals surface area contributed by atoms with Gasteiger partial charge in [-0.3, -0.25) is 19.7 Å². The normalized spacial score (nSPS) is 19.3. The van der Waals surface area contributed by atoms with Gasteiger partial charge in [0.15, 0.2) is 11.2 Å². The standard InChI is InChI=1S/C17H21ClN8O2S/c1-2-25-11(8-29-16-22-15(19)23-24-16)20-13-12(25)14(27)21-17(28)26(13)7-9-3-5-10(18)6-4-9/h3-6,15-16,22-24H,2,7-8,19H2,1H3,(H,21,27,28). The summed E-state index contributed by atoms with van der Waals surface area (Å²) in [5.74, 6) is 1.23. The van der Waals surface area contributed by atoms with E-state index in [1.165, 1.54) is 4.57 Å². The van der Waals surface area contributed by atoms with Crippen LogP contribution in [0.3, 0.4) is 0 Å². The molecule has 3 heterocycles. The Kier molecular flexibility index (Phi) is 5.76. The zero-order chi connectivity index (χ0) is 20.5. The highest BCUT2D eigenvalue weighted by molar-refractivity contribution is 7.99. The number of rotatable bonds is 6. The number of nitrogens with two attached hydrogens (primary N) is 1. The van der Waals surface area contributed by atoms with Crippen molar-refractivity contribution >= 4 is 34.5 Å². The Bertz CT molecular complexity index is 1140. The van der Waals surface area contributed by atoms with Crippen LogP contribution in [0, 0.1) is 0 Å². The maximum absolute atomic E-state index is 12.5. The highest BCUT2D eigenvalue weighted by Crippen LogP contribution is 2.20. The van der Waals surface area contributed by atoms with Crippen LogP contribution in [0.1, 0.15) is 18.3 Å². The molecule has 1 aliphatic heterocycles. The van der Waals surface area contributed by atoms with Gasteiger partial charge >= 0.3 is 5.69 Å². The Labute approximate surface area is 174 Å². The molecule has 2 atom stereocenters. The van der Waals surface area contributed by atoms with Gasteiger partial charge in [0.05, 0.1) is 12.3 Å². The molecule has 2 aromatic heterocycles. The minimum absolute atomic E-state index is 0.0929. The summed E-state index contributed by atoms with van der Waals surface area (Å²) in [7, 11) is 0. The third-order valence-corrected chi connectivity index (χ3v) is 5.88. The topological polar surface area (TPSA) is 135 Å². The molecule has 29 heavy (non-hydrogen) atoms. The fourth-order valence-corrected chi connectivity index (χ4v) is 4.30. The van der Waals surface area contributed by atoms with Crippen LogP contribution in [0.25, 0.3) is 11.2 Å². The lowest BCUT2D eigenvalue weighted by atomic mass is 10.2. The first-order valence-electron chi connectivity index (χ1n) is 9.07. The SMILES string of the molecule is CCn1c(CSC2NNC(N)N2)nc2c1c(=O)[nH]c(=O)n2Cc1ccc(Cl)cc1. The van der Waals surface area contributed by atoms with Crippen LogP contribution in [0.2, 0.25) is 5.02 Å². The molecule has 12 heteroatoms. The number of nitrogens with one attached hydrogen (secondary N) is 4. The van der Waals surface area contributed by atoms with Gasteiger partial charge in [0.2, 0.25) is 0 Å². The summed E-state index contributed by atoms with van der Waals surface area (Å²) in [4.78, 5) is 32.1. The molecule has 3 aromatic rings. The van der Waals surface area contributed by atoms with Crippen molar-refractivity contribution in [3.63, 3.8) is 0 Å². The van der Waals surface area contributed by atoms with E-state index < -0.39 is 11.2 Å². The third kappa shape index (κ3) is 4.10. The zero-order valence-electron chi connectivity index (χ0n) is 15.6. The van der Waals surface area contributed by atoms with Crippen LogP contribution >= 0.6 is 23.4 Å². The summed E-state index contributed by atoms with van der Waals surface area (Å²) < 4.78 is 3.31. The number of fused-ring (bicyclic) bond motifs is 1. The summed E-state index contributed by atoms with van der Waals surface area (Å²) in [5.41, 5.74) is 12.2. The lowest BCUT2D eigenvalue weighted by molar-refractivity contribution is 0.547. The van der Waals surface area contributed by atoms with Gasteiger partial charge in [-0.1, -0.05) is 23.7 Å². The molecule has 0 radical (unpaired) electrons. The quantitative estimate of drug-likeness (QED) is 0.366. The van der Waals surface area contributed by atoms with E-state index in [0.717, 1.165) is 5.56 Å². The van der Waals surface area contributed by atoms with Crippen molar-refractivity contribution in [1.82, 2.24) is 35.3 Å². The van der Waals surface area contributed by atoms with Gasteiger partial charge < -0.3 is 10.3 Å². The van der Waals surface area contributed by atoms with Gasteiger partial charge in [-0.25, -0.2) is 20.6 Å². The van der Waals surface area contributed by atoms with E-state index in [0.29, 0.717) is 34.3 Å². The van der Waals surface area contributed by atoms with Crippen LogP contribution in [0.15, 0.2) is 33.9 Å². The van der Waals surface area contributed by atoms with E-state index in [9.17, 15) is 9.59 Å². The van der Waals surface area contributed by atoms with E-state index in [1.54, 1.807) is 23.9 Å². The van der Waals surface area contributed by atoms with Crippen LogP contribution in [-0.4, -0.2) is 30.9 Å². The number of thioether (sulfide) groups is 1. The first-order chi connectivity index (χ1) is 14.0. The van der Waals surface area contributed by atoms with Gasteiger partial charge in [0.1, 0.15) is 17.6 Å². The van der Waals surface area contributed by atoms with Crippen molar-refractivity contribution in [2.45, 2.75) is 37.6 Å². The number of halogens is 1. The Balaban J connectivity index is 1.72. The lowest BCUT2D eigenvalue weighted by Gasteiger charge is -2.10. The first-order valence-corrected chi connectivity index (χ1v) is 10.5. The van der Waals surface area contributed by atoms with E-state index in [4.69, 9.17) is 17.3 Å². The number of hydrogen-bond donors (Lipinski definition) is 5. The smallest absolute Gasteiger partial charge is 0.322 e. The molecule has 1 aliphatic rings. The molecule has 0 saturated carbocycles. The molecule has 0 amide bonds. The Morgan fingerprint density at radius 2 is 1.97 bits per heavy atom. The average Bonchev–Trinajstić information content (AvgIpc) is 3.28. The van der Waals surface area contributed by atoms with Crippen LogP contribution in [0.5, 0.6) is 0 Å². The molecule has 2 unspecified atom stereocenters. The Morgan fingerprint density at radius 1 is 1.21 bits per heavy atom. The number of aryl methyl sites for hydroxylation is 1. The van der Waals surface area contributed by atoms with Crippen molar-refractivity contribution in [3.8, 4) is 0 Å². The second kappa shape index (κ2) is 8.30. The highest BCUT2D eigenvalue weighted by atomic mass is 35.5. The molecule has 1 fully saturated rings. The number of imidazole rings is 1. The molecular weight excluding hydrogens is 416 g/mol. The molecule has 4 rings (SSSR count). The first kappa shape index (κ1) is 20.1. The molecule has 1 saturated heterocycles. The summed E-state index contributed by atoms with van der Waals surface area (Å²) in [6.07, 6.45) is -0.329. The van der Waals surface area contributed by atoms with E-state index >= 15 is 0 Å². The number of aromatic amines is 1. The zero-order valence-corrected chi connectivity index (χ0v) is 17.2. The molecule has 0 spiro atoms. The van der Waals surface area contributed by atoms with E-state index in [1.807, 2.05) is 23.6 Å². The predicted molar refractivity (Wildman–Crippen MR) is 113 cm³/mol. The van der Waals surface area contributed by atoms with Crippen molar-refractivity contribution < 1.29 is 0 Å². The maximum Gasteiger partial charge on any atom is 0.330 e. The molecule has 1 aromatic carbocycles. The van der Waals surface area contributed by atoms with Gasteiger partial charge in [-0.05, 0) is 24.6 Å². The number of aromatic nitrogens is 4. The van der Waals surface area contributed by atoms with Crippen LogP contribution < -0.4 is 33.2 Å². The molecule has 154 valence electrons. The molecule has 0 bridgehead atoms. The summed E-state index contributed by atoms with van der Waals surface area (Å²) in [6, 6.07) is 7.20. The van der Waals surface area contributed by atoms with Gasteiger partial charge in [-0.15, -0.1) is 11.8 Å². The van der Waals surface area contributed by atoms with Crippen molar-refractivity contribution in [3.05, 3.63) is 61.5 Å². The summed E-state index contributed by atoms with van der Waals surface area (Å²) in [6.45, 7) is 2.77. The second-order valence-corrected chi connectivity index (χ2v) is 8.07. The van der Waals surface area contributed by atoms with Gasteiger partial charge in [0, 0.05) is 11.6 Å². The van der Waals surface area contributed by atoms with Gasteiger partial charge in [0.25, 0.3) is 5.56 Å². The number of hydrazine groups is 1. The molecule has 10 nitrogen and oxygen atoms in total. The second-order valence-electron chi connectivity index (χ2n) is 6.54. The fourth-order valence-electron chi connectivity index (χ4n) is 3.25. The minimum atomic E-state index is -0.494. The van der Waals surface area contributed by atoms with Crippen molar-refractivity contribution in [1.29, 1.82) is 0 Å². The average molecular weight is 437 g/mol. The third-order valence-electron chi connectivity index (χ3n) is 4.61. The number of hydrogen-bond acceptors (Lipinski definition) is 8.